The number of thioether (sulfide) groups is 1. The zero-order valence-electron chi connectivity index (χ0n) is 16.2. The van der Waals surface area contributed by atoms with Gasteiger partial charge in [-0.25, -0.2) is 4.98 Å². The Kier molecular flexibility index (Phi) is 7.04. The lowest BCUT2D eigenvalue weighted by Gasteiger charge is -2.11. The molecule has 0 atom stereocenters. The topological polar surface area (TPSA) is 87.8 Å². The molecule has 1 N–H and O–H groups in total. The Bertz CT molecular complexity index is 1120. The van der Waals surface area contributed by atoms with E-state index in [-0.39, 0.29) is 11.5 Å². The molecule has 0 aliphatic carbocycles. The van der Waals surface area contributed by atoms with Gasteiger partial charge in [-0.3, -0.25) is 14.2 Å². The average molecular weight is 407 g/mol. The van der Waals surface area contributed by atoms with Gasteiger partial charge < -0.3 is 5.32 Å². The van der Waals surface area contributed by atoms with E-state index < -0.39 is 0 Å². The highest BCUT2D eigenvalue weighted by Gasteiger charge is 2.09. The fourth-order valence-electron chi connectivity index (χ4n) is 3.02. The molecule has 1 amide bonds. The number of fused-ring (bicyclic) bond motifs is 1. The summed E-state index contributed by atoms with van der Waals surface area (Å²) >= 11 is 1.55. The Hall–Kier alpha value is -3.11. The molecule has 0 bridgehead atoms. The molecule has 29 heavy (non-hydrogen) atoms. The molecule has 0 radical (unpaired) electrons. The van der Waals surface area contributed by atoms with E-state index in [1.807, 2.05) is 43.3 Å². The minimum atomic E-state index is -0.101. The van der Waals surface area contributed by atoms with E-state index in [0.717, 1.165) is 21.7 Å². The number of para-hydroxylation sites is 2. The van der Waals surface area contributed by atoms with Crippen molar-refractivity contribution in [3.8, 4) is 6.07 Å². The monoisotopic (exact) mass is 406 g/mol. The van der Waals surface area contributed by atoms with Gasteiger partial charge in [-0.1, -0.05) is 24.3 Å². The number of anilines is 1. The Labute approximate surface area is 173 Å². The summed E-state index contributed by atoms with van der Waals surface area (Å²) in [5.41, 5.74) is 2.35. The lowest BCUT2D eigenvalue weighted by molar-refractivity contribution is -0.116. The van der Waals surface area contributed by atoms with E-state index in [1.54, 1.807) is 28.7 Å². The van der Waals surface area contributed by atoms with Crippen molar-refractivity contribution in [2.45, 2.75) is 37.6 Å². The molecule has 0 aliphatic heterocycles. The first-order valence-electron chi connectivity index (χ1n) is 9.43. The van der Waals surface area contributed by atoms with Crippen LogP contribution in [0.5, 0.6) is 0 Å². The van der Waals surface area contributed by atoms with Gasteiger partial charge in [-0.15, -0.1) is 11.8 Å². The van der Waals surface area contributed by atoms with Gasteiger partial charge >= 0.3 is 0 Å². The Balaban J connectivity index is 1.59. The SMILES string of the molecule is Cc1cccc2c(=O)n(CCCC(=O)Nc3ccccc3SCCC#N)cnc12. The molecule has 0 fully saturated rings. The number of rotatable bonds is 8. The lowest BCUT2D eigenvalue weighted by atomic mass is 10.1. The van der Waals surface area contributed by atoms with Gasteiger partial charge in [0.2, 0.25) is 5.91 Å². The maximum Gasteiger partial charge on any atom is 0.261 e. The lowest BCUT2D eigenvalue weighted by Crippen LogP contribution is -2.22. The second kappa shape index (κ2) is 9.89. The molecule has 0 saturated carbocycles. The number of benzene rings is 2. The van der Waals surface area contributed by atoms with Crippen LogP contribution in [0.2, 0.25) is 0 Å². The number of aryl methyl sites for hydroxylation is 2. The molecule has 1 aromatic heterocycles. The van der Waals surface area contributed by atoms with Crippen molar-refractivity contribution in [3.05, 3.63) is 64.7 Å². The number of nitrogens with zero attached hydrogens (tertiary/aromatic N) is 3. The maximum absolute atomic E-state index is 12.6. The fraction of sp³-hybridized carbons (Fsp3) is 0.273. The third kappa shape index (κ3) is 5.24. The third-order valence-corrected chi connectivity index (χ3v) is 5.57. The zero-order chi connectivity index (χ0) is 20.6. The number of nitriles is 1. The summed E-state index contributed by atoms with van der Waals surface area (Å²) < 4.78 is 1.56. The summed E-state index contributed by atoms with van der Waals surface area (Å²) in [6.07, 6.45) is 2.85. The largest absolute Gasteiger partial charge is 0.325 e. The van der Waals surface area contributed by atoms with Crippen LogP contribution >= 0.6 is 11.8 Å². The van der Waals surface area contributed by atoms with Crippen LogP contribution in [0.4, 0.5) is 5.69 Å². The molecule has 0 saturated heterocycles. The Morgan fingerprint density at radius 1 is 1.24 bits per heavy atom. The summed E-state index contributed by atoms with van der Waals surface area (Å²) in [5, 5.41) is 12.2. The predicted octanol–water partition coefficient (Wildman–Crippen LogP) is 4.13. The molecule has 3 rings (SSSR count). The number of hydrogen-bond donors (Lipinski definition) is 1. The number of carbonyl (C=O) groups excluding carboxylic acids is 1. The molecule has 0 aliphatic rings. The minimum absolute atomic E-state index is 0.0849. The number of nitrogens with one attached hydrogen (secondary N) is 1. The summed E-state index contributed by atoms with van der Waals surface area (Å²) in [5.74, 6) is 0.580. The molecule has 148 valence electrons. The highest BCUT2D eigenvalue weighted by Crippen LogP contribution is 2.27. The molecular formula is C22H22N4O2S. The molecule has 6 nitrogen and oxygen atoms in total. The Morgan fingerprint density at radius 3 is 2.90 bits per heavy atom. The summed E-state index contributed by atoms with van der Waals surface area (Å²) in [7, 11) is 0. The summed E-state index contributed by atoms with van der Waals surface area (Å²) in [4.78, 5) is 30.3. The first-order chi connectivity index (χ1) is 14.1. The minimum Gasteiger partial charge on any atom is -0.325 e. The van der Waals surface area contributed by atoms with Gasteiger partial charge in [0.25, 0.3) is 5.56 Å². The van der Waals surface area contributed by atoms with Crippen LogP contribution in [0.25, 0.3) is 10.9 Å². The third-order valence-electron chi connectivity index (χ3n) is 4.49. The van der Waals surface area contributed by atoms with Gasteiger partial charge in [0, 0.05) is 30.0 Å². The van der Waals surface area contributed by atoms with E-state index >= 15 is 0 Å². The van der Waals surface area contributed by atoms with Crippen molar-refractivity contribution >= 4 is 34.3 Å². The molecule has 0 unspecified atom stereocenters. The second-order valence-corrected chi connectivity index (χ2v) is 7.76. The van der Waals surface area contributed by atoms with Crippen molar-refractivity contribution in [1.82, 2.24) is 9.55 Å². The summed E-state index contributed by atoms with van der Waals surface area (Å²) in [6.45, 7) is 2.36. The van der Waals surface area contributed by atoms with Crippen molar-refractivity contribution in [2.24, 2.45) is 0 Å². The molecular weight excluding hydrogens is 384 g/mol. The number of aromatic nitrogens is 2. The normalized spacial score (nSPS) is 10.6. The van der Waals surface area contributed by atoms with E-state index in [0.29, 0.717) is 36.9 Å². The van der Waals surface area contributed by atoms with Crippen molar-refractivity contribution in [3.63, 3.8) is 0 Å². The standard InChI is InChI=1S/C22H22N4O2S/c1-16-7-4-8-17-21(16)24-15-26(22(17)28)13-5-11-20(27)25-18-9-2-3-10-19(18)29-14-6-12-23/h2-4,7-10,15H,5-6,11,13-14H2,1H3,(H,25,27). The number of carbonyl (C=O) groups is 1. The van der Waals surface area contributed by atoms with Gasteiger partial charge in [0.1, 0.15) is 0 Å². The van der Waals surface area contributed by atoms with Crippen LogP contribution in [0, 0.1) is 18.3 Å². The quantitative estimate of drug-likeness (QED) is 0.449. The van der Waals surface area contributed by atoms with E-state index in [1.165, 1.54) is 0 Å². The van der Waals surface area contributed by atoms with Crippen LogP contribution in [-0.2, 0) is 11.3 Å². The van der Waals surface area contributed by atoms with Crippen LogP contribution in [0.1, 0.15) is 24.8 Å². The predicted molar refractivity (Wildman–Crippen MR) is 116 cm³/mol. The van der Waals surface area contributed by atoms with Gasteiger partial charge in [0.15, 0.2) is 0 Å². The molecule has 1 heterocycles. The number of amides is 1. The summed E-state index contributed by atoms with van der Waals surface area (Å²) in [6, 6.07) is 15.2. The second-order valence-electron chi connectivity index (χ2n) is 6.62. The van der Waals surface area contributed by atoms with Crippen molar-refractivity contribution in [1.29, 1.82) is 5.26 Å². The van der Waals surface area contributed by atoms with Gasteiger partial charge in [-0.2, -0.15) is 5.26 Å². The van der Waals surface area contributed by atoms with E-state index in [4.69, 9.17) is 5.26 Å². The van der Waals surface area contributed by atoms with E-state index in [9.17, 15) is 9.59 Å². The average Bonchev–Trinajstić information content (AvgIpc) is 2.72. The first-order valence-corrected chi connectivity index (χ1v) is 10.4. The van der Waals surface area contributed by atoms with Gasteiger partial charge in [0.05, 0.1) is 29.0 Å². The Morgan fingerprint density at radius 2 is 2.07 bits per heavy atom. The van der Waals surface area contributed by atoms with Crippen molar-refractivity contribution in [2.75, 3.05) is 11.1 Å². The number of hydrogen-bond acceptors (Lipinski definition) is 5. The van der Waals surface area contributed by atoms with Gasteiger partial charge in [-0.05, 0) is 37.1 Å². The molecule has 7 heteroatoms. The smallest absolute Gasteiger partial charge is 0.261 e. The van der Waals surface area contributed by atoms with Crippen LogP contribution < -0.4 is 10.9 Å². The first kappa shape index (κ1) is 20.6. The highest BCUT2D eigenvalue weighted by molar-refractivity contribution is 7.99. The van der Waals surface area contributed by atoms with Crippen molar-refractivity contribution < 1.29 is 4.79 Å². The zero-order valence-corrected chi connectivity index (χ0v) is 17.0. The fourth-order valence-corrected chi connectivity index (χ4v) is 3.88. The molecule has 2 aromatic carbocycles. The van der Waals surface area contributed by atoms with Crippen LogP contribution in [0.15, 0.2) is 58.5 Å². The highest BCUT2D eigenvalue weighted by atomic mass is 32.2. The van der Waals surface area contributed by atoms with E-state index in [2.05, 4.69) is 16.4 Å². The van der Waals surface area contributed by atoms with Crippen LogP contribution in [0.3, 0.4) is 0 Å². The maximum atomic E-state index is 12.6. The van der Waals surface area contributed by atoms with Crippen LogP contribution in [-0.4, -0.2) is 21.2 Å². The molecule has 3 aromatic rings. The molecule has 0 spiro atoms.